The normalized spacial score (nSPS) is 12.7. The summed E-state index contributed by atoms with van der Waals surface area (Å²) < 4.78 is 5.91. The molecule has 0 saturated heterocycles. The van der Waals surface area contributed by atoms with Crippen LogP contribution in [-0.4, -0.2) is 35.4 Å². The predicted octanol–water partition coefficient (Wildman–Crippen LogP) is 4.63. The van der Waals surface area contributed by atoms with Crippen molar-refractivity contribution in [1.82, 2.24) is 10.2 Å². The lowest BCUT2D eigenvalue weighted by Gasteiger charge is -2.29. The average Bonchev–Trinajstić information content (AvgIpc) is 2.73. The summed E-state index contributed by atoms with van der Waals surface area (Å²) in [5.74, 6) is 0.334. The smallest absolute Gasteiger partial charge is 0.261 e. The third-order valence-corrected chi connectivity index (χ3v) is 5.76. The lowest BCUT2D eigenvalue weighted by atomic mass is 10.1. The van der Waals surface area contributed by atoms with Gasteiger partial charge in [-0.2, -0.15) is 0 Å². The van der Waals surface area contributed by atoms with Crippen molar-refractivity contribution in [1.29, 1.82) is 0 Å². The minimum Gasteiger partial charge on any atom is -0.483 e. The molecule has 0 aromatic heterocycles. The van der Waals surface area contributed by atoms with E-state index in [1.807, 2.05) is 71.9 Å². The highest BCUT2D eigenvalue weighted by molar-refractivity contribution is 5.88. The molecule has 0 bridgehead atoms. The summed E-state index contributed by atoms with van der Waals surface area (Å²) in [6.45, 7) is 14.0. The predicted molar refractivity (Wildman–Crippen MR) is 125 cm³/mol. The van der Waals surface area contributed by atoms with Crippen molar-refractivity contribution in [3.05, 3.63) is 64.2 Å². The van der Waals surface area contributed by atoms with Crippen molar-refractivity contribution in [2.24, 2.45) is 0 Å². The summed E-state index contributed by atoms with van der Waals surface area (Å²) in [4.78, 5) is 27.6. The minimum atomic E-state index is -0.605. The van der Waals surface area contributed by atoms with E-state index in [1.165, 1.54) is 0 Å². The molecule has 0 heterocycles. The van der Waals surface area contributed by atoms with Gasteiger partial charge in [0.1, 0.15) is 11.8 Å². The number of nitrogens with zero attached hydrogens (tertiary/aromatic N) is 1. The van der Waals surface area contributed by atoms with Crippen LogP contribution in [-0.2, 0) is 16.1 Å². The van der Waals surface area contributed by atoms with Gasteiger partial charge < -0.3 is 15.0 Å². The molecule has 0 aliphatic rings. The second-order valence-corrected chi connectivity index (χ2v) is 8.49. The first kappa shape index (κ1) is 24.4. The van der Waals surface area contributed by atoms with E-state index in [9.17, 15) is 9.59 Å². The van der Waals surface area contributed by atoms with E-state index in [0.29, 0.717) is 12.3 Å². The molecule has 2 rings (SSSR count). The topological polar surface area (TPSA) is 58.6 Å². The van der Waals surface area contributed by atoms with Gasteiger partial charge in [-0.3, -0.25) is 9.59 Å². The van der Waals surface area contributed by atoms with Gasteiger partial charge in [-0.05, 0) is 76.3 Å². The van der Waals surface area contributed by atoms with Crippen LogP contribution in [0.4, 0.5) is 0 Å². The fourth-order valence-electron chi connectivity index (χ4n) is 3.31. The number of hydrogen-bond donors (Lipinski definition) is 1. The van der Waals surface area contributed by atoms with Crippen LogP contribution in [0.1, 0.15) is 55.0 Å². The van der Waals surface area contributed by atoms with Gasteiger partial charge in [0.25, 0.3) is 5.91 Å². The molecule has 2 aromatic rings. The Morgan fingerprint density at radius 1 is 1.00 bits per heavy atom. The van der Waals surface area contributed by atoms with E-state index in [1.54, 1.807) is 11.8 Å². The van der Waals surface area contributed by atoms with Crippen LogP contribution in [0.15, 0.2) is 36.4 Å². The molecular weight excluding hydrogens is 388 g/mol. The van der Waals surface area contributed by atoms with Crippen LogP contribution in [0, 0.1) is 27.7 Å². The van der Waals surface area contributed by atoms with Crippen LogP contribution >= 0.6 is 0 Å². The Bertz CT molecular complexity index is 906. The molecule has 0 saturated carbocycles. The van der Waals surface area contributed by atoms with E-state index < -0.39 is 6.04 Å². The highest BCUT2D eigenvalue weighted by atomic mass is 16.5. The Morgan fingerprint density at radius 2 is 1.65 bits per heavy atom. The van der Waals surface area contributed by atoms with Gasteiger partial charge in [-0.1, -0.05) is 42.8 Å². The first-order valence-corrected chi connectivity index (χ1v) is 11.0. The van der Waals surface area contributed by atoms with Gasteiger partial charge in [0.05, 0.1) is 0 Å². The summed E-state index contributed by atoms with van der Waals surface area (Å²) in [6.07, 6.45) is 0.833. The maximum atomic E-state index is 13.2. The number of benzene rings is 2. The third kappa shape index (κ3) is 6.84. The van der Waals surface area contributed by atoms with Gasteiger partial charge in [0.15, 0.2) is 6.61 Å². The molecule has 2 amide bonds. The molecule has 168 valence electrons. The standard InChI is InChI=1S/C26H36N2O3/c1-8-20(5)27-26(30)22(7)28(15-23-11-9-17(2)10-12-23)25(29)16-31-24-14-18(3)13-19(4)21(24)6/h9-14,20,22H,8,15-16H2,1-7H3,(H,27,30)/t20-,22+/m1/s1. The number of nitrogens with one attached hydrogen (secondary N) is 1. The van der Waals surface area contributed by atoms with Crippen LogP contribution < -0.4 is 10.1 Å². The zero-order valence-electron chi connectivity index (χ0n) is 19.9. The Morgan fingerprint density at radius 3 is 2.26 bits per heavy atom. The van der Waals surface area contributed by atoms with E-state index in [0.717, 1.165) is 34.2 Å². The summed E-state index contributed by atoms with van der Waals surface area (Å²) in [7, 11) is 0. The van der Waals surface area contributed by atoms with Crippen molar-refractivity contribution >= 4 is 11.8 Å². The Kier molecular flexibility index (Phi) is 8.66. The van der Waals surface area contributed by atoms with Crippen molar-refractivity contribution in [2.45, 2.75) is 73.5 Å². The third-order valence-electron chi connectivity index (χ3n) is 5.76. The number of hydrogen-bond acceptors (Lipinski definition) is 3. The summed E-state index contributed by atoms with van der Waals surface area (Å²) in [5.41, 5.74) is 5.36. The van der Waals surface area contributed by atoms with Gasteiger partial charge >= 0.3 is 0 Å². The quantitative estimate of drug-likeness (QED) is 0.638. The summed E-state index contributed by atoms with van der Waals surface area (Å²) in [5, 5.41) is 2.98. The van der Waals surface area contributed by atoms with Gasteiger partial charge in [0.2, 0.25) is 5.91 Å². The molecule has 0 radical (unpaired) electrons. The second kappa shape index (κ2) is 11.0. The number of carbonyl (C=O) groups excluding carboxylic acids is 2. The molecule has 0 fully saturated rings. The summed E-state index contributed by atoms with van der Waals surface area (Å²) in [6, 6.07) is 11.5. The van der Waals surface area contributed by atoms with Crippen molar-refractivity contribution < 1.29 is 14.3 Å². The highest BCUT2D eigenvalue weighted by Gasteiger charge is 2.27. The number of amides is 2. The average molecular weight is 425 g/mol. The van der Waals surface area contributed by atoms with Crippen LogP contribution in [0.3, 0.4) is 0 Å². The number of ether oxygens (including phenoxy) is 1. The van der Waals surface area contributed by atoms with Gasteiger partial charge in [0, 0.05) is 12.6 Å². The largest absolute Gasteiger partial charge is 0.483 e. The fourth-order valence-corrected chi connectivity index (χ4v) is 3.31. The first-order chi connectivity index (χ1) is 14.6. The molecule has 5 heteroatoms. The lowest BCUT2D eigenvalue weighted by molar-refractivity contribution is -0.142. The Labute approximate surface area is 186 Å². The van der Waals surface area contributed by atoms with Gasteiger partial charge in [-0.15, -0.1) is 0 Å². The van der Waals surface area contributed by atoms with Crippen LogP contribution in [0.2, 0.25) is 0 Å². The maximum Gasteiger partial charge on any atom is 0.261 e. The van der Waals surface area contributed by atoms with Crippen LogP contribution in [0.5, 0.6) is 5.75 Å². The van der Waals surface area contributed by atoms with E-state index in [2.05, 4.69) is 11.4 Å². The SMILES string of the molecule is CC[C@@H](C)NC(=O)[C@H](C)N(Cc1ccc(C)cc1)C(=O)COc1cc(C)cc(C)c1C. The lowest BCUT2D eigenvalue weighted by Crippen LogP contribution is -2.50. The van der Waals surface area contributed by atoms with Gasteiger partial charge in [-0.25, -0.2) is 0 Å². The maximum absolute atomic E-state index is 13.2. The molecule has 0 spiro atoms. The molecule has 5 nitrogen and oxygen atoms in total. The number of rotatable bonds is 9. The van der Waals surface area contributed by atoms with Crippen LogP contribution in [0.25, 0.3) is 0 Å². The van der Waals surface area contributed by atoms with E-state index in [4.69, 9.17) is 4.74 Å². The molecule has 1 N–H and O–H groups in total. The Hall–Kier alpha value is -2.82. The first-order valence-electron chi connectivity index (χ1n) is 11.0. The molecule has 0 aliphatic carbocycles. The van der Waals surface area contributed by atoms with E-state index >= 15 is 0 Å². The van der Waals surface area contributed by atoms with Crippen molar-refractivity contribution in [3.8, 4) is 5.75 Å². The molecule has 0 unspecified atom stereocenters. The molecule has 2 atom stereocenters. The zero-order valence-corrected chi connectivity index (χ0v) is 19.9. The molecule has 0 aliphatic heterocycles. The number of aryl methyl sites for hydroxylation is 3. The number of carbonyl (C=O) groups is 2. The minimum absolute atomic E-state index is 0.0560. The zero-order chi connectivity index (χ0) is 23.1. The monoisotopic (exact) mass is 424 g/mol. The van der Waals surface area contributed by atoms with E-state index in [-0.39, 0.29) is 24.5 Å². The fraction of sp³-hybridized carbons (Fsp3) is 0.462. The highest BCUT2D eigenvalue weighted by Crippen LogP contribution is 2.23. The second-order valence-electron chi connectivity index (χ2n) is 8.49. The Balaban J connectivity index is 2.20. The van der Waals surface area contributed by atoms with Crippen molar-refractivity contribution in [2.75, 3.05) is 6.61 Å². The molecular formula is C26H36N2O3. The molecule has 2 aromatic carbocycles. The molecule has 31 heavy (non-hydrogen) atoms. The summed E-state index contributed by atoms with van der Waals surface area (Å²) >= 11 is 0. The van der Waals surface area contributed by atoms with Crippen molar-refractivity contribution in [3.63, 3.8) is 0 Å².